The van der Waals surface area contributed by atoms with E-state index in [1.165, 1.54) is 46.1 Å². The van der Waals surface area contributed by atoms with Gasteiger partial charge in [0.2, 0.25) is 0 Å². The van der Waals surface area contributed by atoms with Crippen molar-refractivity contribution in [2.75, 3.05) is 20.7 Å². The van der Waals surface area contributed by atoms with Crippen molar-refractivity contribution in [3.8, 4) is 12.3 Å². The molecule has 298 valence electrons. The minimum absolute atomic E-state index is 0.0231. The maximum atomic E-state index is 14.0. The third-order valence-electron chi connectivity index (χ3n) is 11.2. The maximum absolute atomic E-state index is 14.0. The summed E-state index contributed by atoms with van der Waals surface area (Å²) in [6.45, 7) is 13.2. The summed E-state index contributed by atoms with van der Waals surface area (Å²) in [5.41, 5.74) is -3.04. The monoisotopic (exact) mass is 749 g/mol. The number of cyclic esters (lactones) is 1. The lowest BCUT2D eigenvalue weighted by molar-refractivity contribution is -0.302. The maximum Gasteiger partial charge on any atom is 0.312 e. The molecule has 12 nitrogen and oxygen atoms in total. The fourth-order valence-electron chi connectivity index (χ4n) is 7.98. The molecule has 0 saturated carbocycles. The number of hydrogen-bond donors (Lipinski definition) is 3. The van der Waals surface area contributed by atoms with E-state index in [4.69, 9.17) is 30.1 Å². The summed E-state index contributed by atoms with van der Waals surface area (Å²) in [6, 6.07) is 5.05. The Morgan fingerprint density at radius 1 is 1.13 bits per heavy atom. The van der Waals surface area contributed by atoms with Crippen LogP contribution in [0.2, 0.25) is 0 Å². The summed E-state index contributed by atoms with van der Waals surface area (Å²) < 4.78 is 45.0. The van der Waals surface area contributed by atoms with E-state index in [1.54, 1.807) is 40.8 Å². The average molecular weight is 750 g/mol. The number of nitrogens with zero attached hydrogens (tertiary/aromatic N) is 1. The zero-order valence-corrected chi connectivity index (χ0v) is 32.8. The van der Waals surface area contributed by atoms with Crippen LogP contribution in [0.3, 0.4) is 0 Å². The number of ketones is 1. The summed E-state index contributed by atoms with van der Waals surface area (Å²) >= 11 is 0. The molecule has 3 N–H and O–H groups in total. The van der Waals surface area contributed by atoms with Crippen LogP contribution in [0.15, 0.2) is 24.3 Å². The summed E-state index contributed by atoms with van der Waals surface area (Å²) in [7, 11) is 3.22. The first-order valence-electron chi connectivity index (χ1n) is 18.5. The number of Topliss-reactive ketones (excluding diaryl/α,β-unsaturated/α-hetero) is 1. The highest BCUT2D eigenvalue weighted by Gasteiger charge is 2.53. The molecule has 0 amide bonds. The highest BCUT2D eigenvalue weighted by Crippen LogP contribution is 2.40. The van der Waals surface area contributed by atoms with Gasteiger partial charge in [0.1, 0.15) is 35.5 Å². The fourth-order valence-corrected chi connectivity index (χ4v) is 7.98. The van der Waals surface area contributed by atoms with Crippen LogP contribution in [0.25, 0.3) is 0 Å². The molecule has 2 heterocycles. The Bertz CT molecular complexity index is 1450. The molecule has 0 spiro atoms. The van der Waals surface area contributed by atoms with Gasteiger partial charge in [0, 0.05) is 30.9 Å². The van der Waals surface area contributed by atoms with E-state index < -0.39 is 95.5 Å². The summed E-state index contributed by atoms with van der Waals surface area (Å²) in [4.78, 5) is 43.4. The van der Waals surface area contributed by atoms with Crippen LogP contribution in [0, 0.1) is 41.8 Å². The van der Waals surface area contributed by atoms with Crippen molar-refractivity contribution < 1.29 is 57.8 Å². The molecular formula is C40H60FNO11. The largest absolute Gasteiger partial charge is 0.461 e. The van der Waals surface area contributed by atoms with Gasteiger partial charge in [0.15, 0.2) is 6.29 Å². The van der Waals surface area contributed by atoms with Crippen molar-refractivity contribution in [1.29, 1.82) is 0 Å². The smallest absolute Gasteiger partial charge is 0.312 e. The summed E-state index contributed by atoms with van der Waals surface area (Å²) in [5.74, 6) is -3.85. The number of esters is 2. The Hall–Kier alpha value is -2.96. The van der Waals surface area contributed by atoms with Gasteiger partial charge in [0.05, 0.1) is 42.8 Å². The van der Waals surface area contributed by atoms with Gasteiger partial charge in [0.25, 0.3) is 0 Å². The van der Waals surface area contributed by atoms with Crippen LogP contribution in [-0.2, 0) is 44.5 Å². The van der Waals surface area contributed by atoms with Gasteiger partial charge in [-0.15, -0.1) is 6.42 Å². The van der Waals surface area contributed by atoms with E-state index in [0.29, 0.717) is 12.0 Å². The number of likely N-dealkylation sites (N-methyl/N-ethyl adjacent to an activating group) is 1. The number of carbonyl (C=O) groups is 3. The van der Waals surface area contributed by atoms with Gasteiger partial charge < -0.3 is 39.0 Å². The Kier molecular flexibility index (Phi) is 15.6. The number of ether oxygens (including phenoxy) is 5. The van der Waals surface area contributed by atoms with Crippen LogP contribution in [0.4, 0.5) is 4.39 Å². The molecule has 14 atom stereocenters. The third-order valence-corrected chi connectivity index (χ3v) is 11.2. The minimum atomic E-state index is -2.03. The van der Waals surface area contributed by atoms with Gasteiger partial charge in [-0.25, -0.2) is 4.39 Å². The number of rotatable bonds is 9. The molecule has 1 aromatic rings. The molecular weight excluding hydrogens is 689 g/mol. The number of terminal acetylenes is 1. The Morgan fingerprint density at radius 2 is 1.79 bits per heavy atom. The molecule has 0 radical (unpaired) electrons. The third kappa shape index (κ3) is 10.4. The number of methoxy groups -OCH3 is 1. The molecule has 53 heavy (non-hydrogen) atoms. The van der Waals surface area contributed by atoms with Crippen molar-refractivity contribution in [2.45, 2.75) is 141 Å². The predicted molar refractivity (Wildman–Crippen MR) is 194 cm³/mol. The molecule has 13 heteroatoms. The molecule has 2 aliphatic heterocycles. The molecule has 0 bridgehead atoms. The fraction of sp³-hybridized carbons (Fsp3) is 0.725. The number of hydrogen-bond acceptors (Lipinski definition) is 12. The molecule has 0 unspecified atom stereocenters. The SMILES string of the molecule is C#CCN(C)[C@H]1C[C@@H](C)O[C@@H](O[C@@H]2[C@@H](C)[C@H](OC(=O)Cc3cccc(F)c3)[C@@H](C)C(=O)O[C@H](CC)[C@@](C)(O)[C@H](O)[C@@H](C)C(=O)[C@H](C)C[C@@]2(C)OC)[C@@H]1O. The zero-order valence-electron chi connectivity index (χ0n) is 32.8. The Labute approximate surface area is 313 Å². The summed E-state index contributed by atoms with van der Waals surface area (Å²) in [5, 5.41) is 34.6. The predicted octanol–water partition coefficient (Wildman–Crippen LogP) is 3.45. The van der Waals surface area contributed by atoms with E-state index in [-0.39, 0.29) is 37.7 Å². The number of benzene rings is 1. The lowest BCUT2D eigenvalue weighted by atomic mass is 9.74. The van der Waals surface area contributed by atoms with E-state index in [2.05, 4.69) is 5.92 Å². The topological polar surface area (TPSA) is 161 Å². The minimum Gasteiger partial charge on any atom is -0.461 e. The molecule has 0 aromatic heterocycles. The van der Waals surface area contributed by atoms with Gasteiger partial charge in [-0.2, -0.15) is 0 Å². The Balaban J connectivity index is 2.19. The van der Waals surface area contributed by atoms with Crippen LogP contribution in [-0.4, -0.2) is 119 Å². The standard InChI is InChI=1S/C40H60FNO11/c1-12-17-42(10)29-18-23(4)50-38(33(29)45)53-36-25(6)34(52-31(43)20-27-15-14-16-28(41)19-27)26(7)37(47)51-30(13-2)40(9,48)35(46)24(5)32(44)22(3)21-39(36,8)49-11/h1,14-16,19,22-26,29-30,33-36,38,45-46,48H,13,17-18,20-21H2,2-11H3/t22-,23-,24+,25+,26-,29+,30-,33-,34+,35-,36-,38+,39-,40-/m1/s1. The van der Waals surface area contributed by atoms with Gasteiger partial charge in [-0.1, -0.05) is 45.7 Å². The average Bonchev–Trinajstić information content (AvgIpc) is 3.10. The van der Waals surface area contributed by atoms with Crippen LogP contribution < -0.4 is 0 Å². The van der Waals surface area contributed by atoms with Crippen molar-refractivity contribution >= 4 is 17.7 Å². The number of aliphatic hydroxyl groups excluding tert-OH is 2. The van der Waals surface area contributed by atoms with E-state index in [0.717, 1.165) is 0 Å². The second-order valence-corrected chi connectivity index (χ2v) is 15.5. The number of halogens is 1. The number of aliphatic hydroxyl groups is 3. The first-order chi connectivity index (χ1) is 24.7. The zero-order chi connectivity index (χ0) is 40.0. The normalized spacial score (nSPS) is 39.1. The second-order valence-electron chi connectivity index (χ2n) is 15.5. The van der Waals surface area contributed by atoms with Crippen molar-refractivity contribution in [3.63, 3.8) is 0 Å². The Morgan fingerprint density at radius 3 is 2.38 bits per heavy atom. The van der Waals surface area contributed by atoms with E-state index >= 15 is 0 Å². The van der Waals surface area contributed by atoms with E-state index in [9.17, 15) is 34.1 Å². The summed E-state index contributed by atoms with van der Waals surface area (Å²) in [6.07, 6.45) is -2.19. The lowest BCUT2D eigenvalue weighted by Gasteiger charge is -2.48. The molecule has 2 saturated heterocycles. The molecule has 0 aliphatic carbocycles. The first kappa shape index (κ1) is 44.4. The van der Waals surface area contributed by atoms with Gasteiger partial charge in [-0.3, -0.25) is 19.3 Å². The second kappa shape index (κ2) is 18.6. The molecule has 2 fully saturated rings. The molecule has 2 aliphatic rings. The van der Waals surface area contributed by atoms with Crippen LogP contribution in [0.5, 0.6) is 0 Å². The van der Waals surface area contributed by atoms with Crippen LogP contribution >= 0.6 is 0 Å². The lowest BCUT2D eigenvalue weighted by Crippen LogP contribution is -2.61. The molecule has 1 aromatic carbocycles. The van der Waals surface area contributed by atoms with E-state index in [1.807, 2.05) is 11.8 Å². The van der Waals surface area contributed by atoms with Gasteiger partial charge >= 0.3 is 11.9 Å². The van der Waals surface area contributed by atoms with Crippen molar-refractivity contribution in [1.82, 2.24) is 4.90 Å². The van der Waals surface area contributed by atoms with Gasteiger partial charge in [-0.05, 0) is 71.7 Å². The van der Waals surface area contributed by atoms with Crippen molar-refractivity contribution in [3.05, 3.63) is 35.6 Å². The quantitative estimate of drug-likeness (QED) is 0.250. The molecule has 3 rings (SSSR count). The highest BCUT2D eigenvalue weighted by atomic mass is 19.1. The van der Waals surface area contributed by atoms with Crippen LogP contribution in [0.1, 0.15) is 80.2 Å². The first-order valence-corrected chi connectivity index (χ1v) is 18.5. The number of carbonyl (C=O) groups excluding carboxylic acids is 3. The van der Waals surface area contributed by atoms with Crippen molar-refractivity contribution in [2.24, 2.45) is 23.7 Å². The highest BCUT2D eigenvalue weighted by molar-refractivity contribution is 5.83.